The summed E-state index contributed by atoms with van der Waals surface area (Å²) in [6.45, 7) is 2.02. The molecule has 0 heterocycles. The third-order valence-corrected chi connectivity index (χ3v) is 3.11. The third-order valence-electron chi connectivity index (χ3n) is 3.11. The fraction of sp³-hybridized carbons (Fsp3) is 0.462. The second kappa shape index (κ2) is 4.05. The number of ether oxygens (including phenoxy) is 1. The van der Waals surface area contributed by atoms with Crippen molar-refractivity contribution in [2.75, 3.05) is 7.11 Å². The summed E-state index contributed by atoms with van der Waals surface area (Å²) < 4.78 is 5.17. The van der Waals surface area contributed by atoms with E-state index in [2.05, 4.69) is 0 Å². The first-order valence-corrected chi connectivity index (χ1v) is 5.43. The van der Waals surface area contributed by atoms with Gasteiger partial charge in [0.1, 0.15) is 5.75 Å². The maximum absolute atomic E-state index is 12.0. The van der Waals surface area contributed by atoms with Gasteiger partial charge in [-0.1, -0.05) is 6.92 Å². The maximum atomic E-state index is 12.0. The van der Waals surface area contributed by atoms with Gasteiger partial charge in [0.05, 0.1) is 7.11 Å². The van der Waals surface area contributed by atoms with Crippen molar-refractivity contribution in [3.05, 3.63) is 29.3 Å². The van der Waals surface area contributed by atoms with Crippen LogP contribution in [0, 0.1) is 5.92 Å². The molecule has 0 amide bonds. The molecule has 1 aromatic carbocycles. The number of fused-ring (bicyclic) bond motifs is 1. The topological polar surface area (TPSA) is 26.3 Å². The molecule has 80 valence electrons. The lowest BCUT2D eigenvalue weighted by Gasteiger charge is -2.08. The summed E-state index contributed by atoms with van der Waals surface area (Å²) in [7, 11) is 1.66. The van der Waals surface area contributed by atoms with Crippen molar-refractivity contribution >= 4 is 5.78 Å². The van der Waals surface area contributed by atoms with E-state index >= 15 is 0 Å². The number of benzene rings is 1. The first-order valence-electron chi connectivity index (χ1n) is 5.43. The molecule has 0 fully saturated rings. The molecular weight excluding hydrogens is 188 g/mol. The summed E-state index contributed by atoms with van der Waals surface area (Å²) in [5, 5.41) is 0. The predicted molar refractivity (Wildman–Crippen MR) is 59.4 cm³/mol. The molecule has 1 aliphatic carbocycles. The molecule has 2 nitrogen and oxygen atoms in total. The normalized spacial score (nSPS) is 20.7. The molecule has 15 heavy (non-hydrogen) atoms. The lowest BCUT2D eigenvalue weighted by atomic mass is 9.97. The van der Waals surface area contributed by atoms with Gasteiger partial charge in [0.15, 0.2) is 5.78 Å². The van der Waals surface area contributed by atoms with Crippen molar-refractivity contribution in [1.82, 2.24) is 0 Å². The van der Waals surface area contributed by atoms with Crippen LogP contribution in [0.25, 0.3) is 0 Å². The number of rotatable bonds is 1. The van der Waals surface area contributed by atoms with E-state index in [1.54, 1.807) is 7.11 Å². The second-order valence-corrected chi connectivity index (χ2v) is 4.18. The predicted octanol–water partition coefficient (Wildman–Crippen LogP) is 2.85. The highest BCUT2D eigenvalue weighted by atomic mass is 16.5. The Bertz CT molecular complexity index is 382. The van der Waals surface area contributed by atoms with E-state index in [4.69, 9.17) is 4.74 Å². The van der Waals surface area contributed by atoms with Gasteiger partial charge in [-0.15, -0.1) is 0 Å². The molecule has 0 saturated heterocycles. The smallest absolute Gasteiger partial charge is 0.165 e. The van der Waals surface area contributed by atoms with Gasteiger partial charge >= 0.3 is 0 Å². The molecule has 0 aromatic heterocycles. The van der Waals surface area contributed by atoms with E-state index in [0.717, 1.165) is 36.1 Å². The third kappa shape index (κ3) is 1.89. The lowest BCUT2D eigenvalue weighted by molar-refractivity contribution is 0.0927. The van der Waals surface area contributed by atoms with Crippen LogP contribution in [0.5, 0.6) is 5.75 Å². The fourth-order valence-electron chi connectivity index (χ4n) is 2.14. The van der Waals surface area contributed by atoms with Crippen LogP contribution in [0.3, 0.4) is 0 Å². The molecule has 0 radical (unpaired) electrons. The van der Waals surface area contributed by atoms with E-state index in [9.17, 15) is 4.79 Å². The lowest BCUT2D eigenvalue weighted by Crippen LogP contribution is -2.10. The number of Topliss-reactive ketones (excluding diaryl/α,β-unsaturated/α-hetero) is 1. The highest BCUT2D eigenvalue weighted by molar-refractivity contribution is 5.99. The standard InChI is InChI=1S/C13H16O2/c1-9-4-3-5-10-8-11(15-2)6-7-12(10)13(9)14/h6-9H,3-5H2,1-2H3. The summed E-state index contributed by atoms with van der Waals surface area (Å²) in [6.07, 6.45) is 3.07. The number of carbonyl (C=O) groups is 1. The molecule has 1 aliphatic rings. The zero-order chi connectivity index (χ0) is 10.8. The van der Waals surface area contributed by atoms with E-state index in [0.29, 0.717) is 0 Å². The number of carbonyl (C=O) groups excluding carboxylic acids is 1. The quantitative estimate of drug-likeness (QED) is 0.657. The van der Waals surface area contributed by atoms with Crippen molar-refractivity contribution in [2.45, 2.75) is 26.2 Å². The highest BCUT2D eigenvalue weighted by Gasteiger charge is 2.21. The summed E-state index contributed by atoms with van der Waals surface area (Å²) in [4.78, 5) is 12.0. The van der Waals surface area contributed by atoms with Gasteiger partial charge in [-0.05, 0) is 43.0 Å². The summed E-state index contributed by atoms with van der Waals surface area (Å²) in [5.74, 6) is 1.29. The number of hydrogen-bond donors (Lipinski definition) is 0. The van der Waals surface area contributed by atoms with Gasteiger partial charge in [0.2, 0.25) is 0 Å². The van der Waals surface area contributed by atoms with Crippen molar-refractivity contribution < 1.29 is 9.53 Å². The average Bonchev–Trinajstić information content (AvgIpc) is 2.40. The van der Waals surface area contributed by atoms with Crippen LogP contribution in [0.1, 0.15) is 35.7 Å². The van der Waals surface area contributed by atoms with Gasteiger partial charge in [-0.2, -0.15) is 0 Å². The van der Waals surface area contributed by atoms with Crippen LogP contribution >= 0.6 is 0 Å². The van der Waals surface area contributed by atoms with Gasteiger partial charge < -0.3 is 4.74 Å². The summed E-state index contributed by atoms with van der Waals surface area (Å²) in [5.41, 5.74) is 2.03. The van der Waals surface area contributed by atoms with Crippen molar-refractivity contribution in [3.8, 4) is 5.75 Å². The molecule has 1 unspecified atom stereocenters. The van der Waals surface area contributed by atoms with E-state index in [1.807, 2.05) is 25.1 Å². The first-order chi connectivity index (χ1) is 7.22. The Morgan fingerprint density at radius 1 is 1.40 bits per heavy atom. The molecule has 0 spiro atoms. The van der Waals surface area contributed by atoms with Crippen LogP contribution in [-0.2, 0) is 6.42 Å². The van der Waals surface area contributed by atoms with Gasteiger partial charge in [-0.25, -0.2) is 0 Å². The zero-order valence-corrected chi connectivity index (χ0v) is 9.25. The Hall–Kier alpha value is -1.31. The zero-order valence-electron chi connectivity index (χ0n) is 9.25. The minimum atomic E-state index is 0.166. The van der Waals surface area contributed by atoms with E-state index in [1.165, 1.54) is 0 Å². The Kier molecular flexibility index (Phi) is 2.76. The van der Waals surface area contributed by atoms with E-state index in [-0.39, 0.29) is 11.7 Å². The maximum Gasteiger partial charge on any atom is 0.165 e. The largest absolute Gasteiger partial charge is 0.497 e. The summed E-state index contributed by atoms with van der Waals surface area (Å²) in [6, 6.07) is 5.76. The summed E-state index contributed by atoms with van der Waals surface area (Å²) >= 11 is 0. The Morgan fingerprint density at radius 3 is 2.93 bits per heavy atom. The molecular formula is C13H16O2. The second-order valence-electron chi connectivity index (χ2n) is 4.18. The van der Waals surface area contributed by atoms with Crippen LogP contribution in [0.15, 0.2) is 18.2 Å². The highest BCUT2D eigenvalue weighted by Crippen LogP contribution is 2.27. The Labute approximate surface area is 90.3 Å². The number of ketones is 1. The van der Waals surface area contributed by atoms with Crippen LogP contribution in [0.4, 0.5) is 0 Å². The van der Waals surface area contributed by atoms with Gasteiger partial charge in [0, 0.05) is 11.5 Å². The Morgan fingerprint density at radius 2 is 2.20 bits per heavy atom. The molecule has 1 atom stereocenters. The average molecular weight is 204 g/mol. The number of hydrogen-bond acceptors (Lipinski definition) is 2. The van der Waals surface area contributed by atoms with Crippen molar-refractivity contribution in [1.29, 1.82) is 0 Å². The molecule has 2 rings (SSSR count). The van der Waals surface area contributed by atoms with Crippen molar-refractivity contribution in [3.63, 3.8) is 0 Å². The fourth-order valence-corrected chi connectivity index (χ4v) is 2.14. The minimum Gasteiger partial charge on any atom is -0.497 e. The number of aryl methyl sites for hydroxylation is 1. The molecule has 1 aromatic rings. The SMILES string of the molecule is COc1ccc2c(c1)CCCC(C)C2=O. The molecule has 2 heteroatoms. The van der Waals surface area contributed by atoms with Crippen LogP contribution in [0.2, 0.25) is 0 Å². The van der Waals surface area contributed by atoms with Crippen molar-refractivity contribution in [2.24, 2.45) is 5.92 Å². The van der Waals surface area contributed by atoms with E-state index < -0.39 is 0 Å². The molecule has 0 saturated carbocycles. The number of methoxy groups -OCH3 is 1. The minimum absolute atomic E-state index is 0.166. The van der Waals surface area contributed by atoms with Crippen LogP contribution < -0.4 is 4.74 Å². The molecule has 0 bridgehead atoms. The van der Waals surface area contributed by atoms with Gasteiger partial charge in [0.25, 0.3) is 0 Å². The Balaban J connectivity index is 2.44. The monoisotopic (exact) mass is 204 g/mol. The van der Waals surface area contributed by atoms with Crippen LogP contribution in [-0.4, -0.2) is 12.9 Å². The van der Waals surface area contributed by atoms with Gasteiger partial charge in [-0.3, -0.25) is 4.79 Å². The first kappa shape index (κ1) is 10.2. The molecule has 0 N–H and O–H groups in total. The molecule has 0 aliphatic heterocycles.